The smallest absolute Gasteiger partial charge is 0.260 e. The number of benzene rings is 1. The van der Waals surface area contributed by atoms with Gasteiger partial charge in [0, 0.05) is 26.2 Å². The lowest BCUT2D eigenvalue weighted by Gasteiger charge is -2.27. The Bertz CT molecular complexity index is 456. The molecule has 1 aliphatic heterocycles. The zero-order valence-corrected chi connectivity index (χ0v) is 11.5. The molecule has 2 rings (SSSR count). The van der Waals surface area contributed by atoms with Crippen molar-refractivity contribution in [2.45, 2.75) is 0 Å². The summed E-state index contributed by atoms with van der Waals surface area (Å²) in [5.41, 5.74) is 0. The van der Waals surface area contributed by atoms with Gasteiger partial charge < -0.3 is 19.7 Å². The van der Waals surface area contributed by atoms with Crippen LogP contribution in [0.1, 0.15) is 0 Å². The molecule has 0 atom stereocenters. The number of ether oxygens (including phenoxy) is 2. The highest BCUT2D eigenvalue weighted by atomic mass is 16.5. The second kappa shape index (κ2) is 7.55. The maximum atomic E-state index is 12.0. The van der Waals surface area contributed by atoms with Crippen LogP contribution in [-0.4, -0.2) is 50.2 Å². The van der Waals surface area contributed by atoms with Crippen molar-refractivity contribution in [1.29, 1.82) is 0 Å². The Balaban J connectivity index is 1.89. The van der Waals surface area contributed by atoms with Crippen LogP contribution < -0.4 is 14.8 Å². The van der Waals surface area contributed by atoms with Gasteiger partial charge >= 0.3 is 0 Å². The largest absolute Gasteiger partial charge is 0.486 e. The van der Waals surface area contributed by atoms with Crippen molar-refractivity contribution in [3.8, 4) is 11.5 Å². The predicted octanol–water partition coefficient (Wildman–Crippen LogP) is 1.06. The minimum Gasteiger partial charge on any atom is -0.486 e. The number of carbonyl (C=O) groups is 1. The summed E-state index contributed by atoms with van der Waals surface area (Å²) in [5, 5.41) is 3.21. The minimum atomic E-state index is 0.00465. The Hall–Kier alpha value is -2.01. The second-order valence-electron chi connectivity index (χ2n) is 4.47. The van der Waals surface area contributed by atoms with Gasteiger partial charge in [-0.05, 0) is 12.1 Å². The number of para-hydroxylation sites is 2. The summed E-state index contributed by atoms with van der Waals surface area (Å²) >= 11 is 0. The Morgan fingerprint density at radius 2 is 1.90 bits per heavy atom. The molecule has 108 valence electrons. The molecule has 0 spiro atoms. The Morgan fingerprint density at radius 1 is 1.25 bits per heavy atom. The van der Waals surface area contributed by atoms with Crippen LogP contribution in [0, 0.1) is 0 Å². The fraction of sp³-hybridized carbons (Fsp3) is 0.400. The van der Waals surface area contributed by atoms with Crippen LogP contribution in [0.15, 0.2) is 36.9 Å². The first-order valence-corrected chi connectivity index (χ1v) is 6.75. The van der Waals surface area contributed by atoms with Crippen molar-refractivity contribution < 1.29 is 14.3 Å². The molecule has 1 N–H and O–H groups in total. The predicted molar refractivity (Wildman–Crippen MR) is 77.1 cm³/mol. The fourth-order valence-corrected chi connectivity index (χ4v) is 1.98. The molecule has 5 nitrogen and oxygen atoms in total. The third kappa shape index (κ3) is 3.99. The van der Waals surface area contributed by atoms with Gasteiger partial charge in [-0.1, -0.05) is 24.8 Å². The van der Waals surface area contributed by atoms with E-state index in [2.05, 4.69) is 11.9 Å². The van der Waals surface area contributed by atoms with Crippen LogP contribution in [0.4, 0.5) is 0 Å². The van der Waals surface area contributed by atoms with Gasteiger partial charge in [0.2, 0.25) is 0 Å². The molecule has 0 unspecified atom stereocenters. The number of piperazine rings is 1. The molecule has 1 saturated heterocycles. The van der Waals surface area contributed by atoms with Crippen molar-refractivity contribution >= 4 is 5.91 Å². The van der Waals surface area contributed by atoms with Crippen LogP contribution in [0.25, 0.3) is 0 Å². The summed E-state index contributed by atoms with van der Waals surface area (Å²) < 4.78 is 11.1. The molecule has 0 bridgehead atoms. The number of carbonyl (C=O) groups excluding carboxylic acids is 1. The number of hydrogen-bond donors (Lipinski definition) is 1. The summed E-state index contributed by atoms with van der Waals surface area (Å²) in [4.78, 5) is 13.8. The molecule has 0 saturated carbocycles. The monoisotopic (exact) mass is 276 g/mol. The fourth-order valence-electron chi connectivity index (χ4n) is 1.98. The Labute approximate surface area is 119 Å². The van der Waals surface area contributed by atoms with Gasteiger partial charge in [-0.25, -0.2) is 0 Å². The average molecular weight is 276 g/mol. The van der Waals surface area contributed by atoms with Crippen molar-refractivity contribution in [3.63, 3.8) is 0 Å². The quantitative estimate of drug-likeness (QED) is 0.789. The number of rotatable bonds is 6. The molecule has 1 fully saturated rings. The molecule has 1 heterocycles. The topological polar surface area (TPSA) is 50.8 Å². The Morgan fingerprint density at radius 3 is 2.55 bits per heavy atom. The highest BCUT2D eigenvalue weighted by molar-refractivity contribution is 5.78. The molecular formula is C15H20N2O3. The molecule has 0 aromatic heterocycles. The zero-order valence-electron chi connectivity index (χ0n) is 11.5. The van der Waals surface area contributed by atoms with E-state index in [4.69, 9.17) is 9.47 Å². The van der Waals surface area contributed by atoms with Crippen molar-refractivity contribution in [2.75, 3.05) is 39.4 Å². The third-order valence-corrected chi connectivity index (χ3v) is 3.03. The highest BCUT2D eigenvalue weighted by Crippen LogP contribution is 2.26. The molecule has 1 aromatic rings. The summed E-state index contributed by atoms with van der Waals surface area (Å²) in [7, 11) is 0. The first-order valence-electron chi connectivity index (χ1n) is 6.75. The lowest BCUT2D eigenvalue weighted by molar-refractivity contribution is -0.133. The number of amides is 1. The molecular weight excluding hydrogens is 256 g/mol. The lowest BCUT2D eigenvalue weighted by Crippen LogP contribution is -2.47. The molecule has 5 heteroatoms. The van der Waals surface area contributed by atoms with E-state index in [1.54, 1.807) is 12.1 Å². The van der Waals surface area contributed by atoms with E-state index < -0.39 is 0 Å². The maximum absolute atomic E-state index is 12.0. The van der Waals surface area contributed by atoms with Crippen LogP contribution in [0.5, 0.6) is 11.5 Å². The third-order valence-electron chi connectivity index (χ3n) is 3.03. The van der Waals surface area contributed by atoms with E-state index in [0.717, 1.165) is 26.2 Å². The summed E-state index contributed by atoms with van der Waals surface area (Å²) in [6.07, 6.45) is 1.67. The molecule has 1 aliphatic rings. The standard InChI is InChI=1S/C15H20N2O3/c1-2-11-19-13-5-3-4-6-14(13)20-12-15(18)17-9-7-16-8-10-17/h2-6,16H,1,7-12H2. The van der Waals surface area contributed by atoms with Crippen LogP contribution in [-0.2, 0) is 4.79 Å². The zero-order chi connectivity index (χ0) is 14.2. The molecule has 1 aromatic carbocycles. The van der Waals surface area contributed by atoms with Crippen LogP contribution in [0.3, 0.4) is 0 Å². The SMILES string of the molecule is C=CCOc1ccccc1OCC(=O)N1CCNCC1. The van der Waals surface area contributed by atoms with Gasteiger partial charge in [0.1, 0.15) is 6.61 Å². The van der Waals surface area contributed by atoms with Crippen LogP contribution >= 0.6 is 0 Å². The first-order chi connectivity index (χ1) is 9.81. The van der Waals surface area contributed by atoms with E-state index in [1.165, 1.54) is 0 Å². The lowest BCUT2D eigenvalue weighted by atomic mass is 10.3. The number of hydrogen-bond acceptors (Lipinski definition) is 4. The second-order valence-corrected chi connectivity index (χ2v) is 4.47. The molecule has 1 amide bonds. The average Bonchev–Trinajstić information content (AvgIpc) is 2.52. The normalized spacial score (nSPS) is 14.7. The summed E-state index contributed by atoms with van der Waals surface area (Å²) in [6, 6.07) is 7.33. The maximum Gasteiger partial charge on any atom is 0.260 e. The van der Waals surface area contributed by atoms with Gasteiger partial charge in [-0.2, -0.15) is 0 Å². The summed E-state index contributed by atoms with van der Waals surface area (Å²) in [6.45, 7) is 7.20. The van der Waals surface area contributed by atoms with Gasteiger partial charge in [-0.15, -0.1) is 0 Å². The van der Waals surface area contributed by atoms with E-state index in [0.29, 0.717) is 18.1 Å². The van der Waals surface area contributed by atoms with Gasteiger partial charge in [0.05, 0.1) is 0 Å². The molecule has 0 aliphatic carbocycles. The van der Waals surface area contributed by atoms with Crippen molar-refractivity contribution in [1.82, 2.24) is 10.2 Å². The van der Waals surface area contributed by atoms with Gasteiger partial charge in [-0.3, -0.25) is 4.79 Å². The number of nitrogens with one attached hydrogen (secondary N) is 1. The van der Waals surface area contributed by atoms with E-state index in [-0.39, 0.29) is 12.5 Å². The van der Waals surface area contributed by atoms with E-state index in [9.17, 15) is 4.79 Å². The van der Waals surface area contributed by atoms with Crippen molar-refractivity contribution in [2.24, 2.45) is 0 Å². The number of nitrogens with zero attached hydrogens (tertiary/aromatic N) is 1. The van der Waals surface area contributed by atoms with E-state index >= 15 is 0 Å². The van der Waals surface area contributed by atoms with Gasteiger partial charge in [0.25, 0.3) is 5.91 Å². The minimum absolute atomic E-state index is 0.00465. The van der Waals surface area contributed by atoms with Crippen LogP contribution in [0.2, 0.25) is 0 Å². The molecule has 20 heavy (non-hydrogen) atoms. The molecule has 0 radical (unpaired) electrons. The van der Waals surface area contributed by atoms with Gasteiger partial charge in [0.15, 0.2) is 18.1 Å². The van der Waals surface area contributed by atoms with E-state index in [1.807, 2.05) is 23.1 Å². The summed E-state index contributed by atoms with van der Waals surface area (Å²) in [5.74, 6) is 1.21. The first kappa shape index (κ1) is 14.4. The van der Waals surface area contributed by atoms with Crippen molar-refractivity contribution in [3.05, 3.63) is 36.9 Å². The highest BCUT2D eigenvalue weighted by Gasteiger charge is 2.17. The Kier molecular flexibility index (Phi) is 5.43.